The lowest BCUT2D eigenvalue weighted by atomic mass is 9.91. The summed E-state index contributed by atoms with van der Waals surface area (Å²) >= 11 is 0. The van der Waals surface area contributed by atoms with Crippen molar-refractivity contribution in [3.05, 3.63) is 137 Å². The first-order valence-corrected chi connectivity index (χ1v) is 33.2. The average molecular weight is 1320 g/mol. The molecule has 0 radical (unpaired) electrons. The fourth-order valence-electron chi connectivity index (χ4n) is 12.3. The molecule has 0 saturated carbocycles. The SMILES string of the molecule is CC[C@H](C(=O)N1CCCC[C@H]1C(=O)O[C@H](CCc1ccc(OC)c(OC)c1)c1cccc(OCC(=O)NCCOCCOCCC(=O)NCCOc2ccc(CCc3nc4cc(-c5c(C)noc5C)ccc4n3CCN3CCOCC3)cc2)c1)c1cc(OC)c(OC)c(OC)c1. The summed E-state index contributed by atoms with van der Waals surface area (Å²) in [6.45, 7) is 13.0. The Labute approximate surface area is 562 Å². The number of carbonyl (C=O) groups excluding carboxylic acids is 4. The second-order valence-electron chi connectivity index (χ2n) is 23.7. The van der Waals surface area contributed by atoms with E-state index in [1.54, 1.807) is 49.5 Å². The van der Waals surface area contributed by atoms with Crippen molar-refractivity contribution in [1.82, 2.24) is 35.1 Å². The maximum absolute atomic E-state index is 14.6. The predicted molar refractivity (Wildman–Crippen MR) is 361 cm³/mol. The molecule has 0 aliphatic carbocycles. The number of carbonyl (C=O) groups is 4. The molecule has 0 spiro atoms. The molecule has 2 fully saturated rings. The minimum absolute atomic E-state index is 0.149. The maximum atomic E-state index is 14.6. The fraction of sp³-hybridized carbons (Fsp3) is 0.479. The van der Waals surface area contributed by atoms with Gasteiger partial charge in [0.1, 0.15) is 41.8 Å². The second-order valence-corrected chi connectivity index (χ2v) is 23.7. The van der Waals surface area contributed by atoms with Crippen molar-refractivity contribution < 1.29 is 75.8 Å². The lowest BCUT2D eigenvalue weighted by Gasteiger charge is -2.37. The first kappa shape index (κ1) is 71.4. The Morgan fingerprint density at radius 2 is 1.39 bits per heavy atom. The van der Waals surface area contributed by atoms with Gasteiger partial charge in [-0.25, -0.2) is 9.78 Å². The normalized spacial score (nSPS) is 14.8. The molecule has 2 aromatic heterocycles. The minimum Gasteiger partial charge on any atom is -0.493 e. The number of hydrogen-bond acceptors (Lipinski definition) is 19. The third kappa shape index (κ3) is 19.4. The van der Waals surface area contributed by atoms with Crippen LogP contribution in [0.3, 0.4) is 0 Å². The Morgan fingerprint density at radius 3 is 2.10 bits per heavy atom. The fourth-order valence-corrected chi connectivity index (χ4v) is 12.3. The van der Waals surface area contributed by atoms with Crippen LogP contribution in [0.4, 0.5) is 0 Å². The van der Waals surface area contributed by atoms with Gasteiger partial charge in [-0.2, -0.15) is 0 Å². The van der Waals surface area contributed by atoms with E-state index in [2.05, 4.69) is 55.6 Å². The number of nitrogens with zero attached hydrogens (tertiary/aromatic N) is 5. The van der Waals surface area contributed by atoms with E-state index >= 15 is 0 Å². The first-order valence-electron chi connectivity index (χ1n) is 33.2. The molecule has 5 aromatic carbocycles. The zero-order valence-electron chi connectivity index (χ0n) is 56.7. The summed E-state index contributed by atoms with van der Waals surface area (Å²) in [5, 5.41) is 9.86. The van der Waals surface area contributed by atoms with E-state index in [-0.39, 0.29) is 63.7 Å². The standard InChI is InChI=1S/C73H93N7O16/c1-9-58(55-46-65(87-6)71(89-8)66(47-55)88-7)72(83)80-31-11-10-15-61(80)73(84)95-62(25-18-52-19-26-63(85-4)64(43-52)86-5)53-13-12-14-57(44-53)94-48-69(82)75-29-37-91-42-41-90-36-28-68(81)74-30-38-93-56-22-16-51(17-23-56)20-27-67-76-59-45-54(70-49(2)77-96-50(70)3)21-24-60(59)79(67)33-32-78-34-39-92-40-35-78/h12-14,16-17,19,21-24,26,43-47,58,61-62H,9-11,15,18,20,25,27-42,48H2,1-8H3,(H,74,81)(H,75,82)/t58-,61-,62+/m0/s1. The number of amides is 3. The molecule has 3 amide bonds. The molecule has 0 unspecified atom stereocenters. The number of methoxy groups -OCH3 is 5. The number of aryl methyl sites for hydroxylation is 5. The zero-order valence-corrected chi connectivity index (χ0v) is 56.7. The molecule has 96 heavy (non-hydrogen) atoms. The number of likely N-dealkylation sites (tertiary alicyclic amines) is 1. The summed E-state index contributed by atoms with van der Waals surface area (Å²) in [6, 6.07) is 30.0. The van der Waals surface area contributed by atoms with Crippen LogP contribution < -0.4 is 43.8 Å². The van der Waals surface area contributed by atoms with Crippen molar-refractivity contribution in [2.24, 2.45) is 0 Å². The molecule has 4 heterocycles. The van der Waals surface area contributed by atoms with E-state index in [4.69, 9.17) is 61.6 Å². The zero-order chi connectivity index (χ0) is 67.8. The van der Waals surface area contributed by atoms with E-state index in [1.165, 1.54) is 26.9 Å². The van der Waals surface area contributed by atoms with Crippen LogP contribution in [-0.4, -0.2) is 182 Å². The van der Waals surface area contributed by atoms with E-state index in [0.717, 1.165) is 116 Å². The van der Waals surface area contributed by atoms with Gasteiger partial charge < -0.3 is 76.7 Å². The molecule has 2 aliphatic rings. The van der Waals surface area contributed by atoms with Crippen molar-refractivity contribution in [3.8, 4) is 51.4 Å². The molecule has 9 rings (SSSR count). The molecule has 3 atom stereocenters. The summed E-state index contributed by atoms with van der Waals surface area (Å²) in [7, 11) is 7.73. The van der Waals surface area contributed by atoms with Crippen LogP contribution in [-0.2, 0) is 63.9 Å². The van der Waals surface area contributed by atoms with E-state index in [0.29, 0.717) is 91.0 Å². The Kier molecular flexibility index (Phi) is 27.0. The number of morpholine rings is 1. The lowest BCUT2D eigenvalue weighted by Crippen LogP contribution is -2.50. The predicted octanol–water partition coefficient (Wildman–Crippen LogP) is 9.37. The van der Waals surface area contributed by atoms with Gasteiger partial charge in [-0.15, -0.1) is 0 Å². The van der Waals surface area contributed by atoms with Gasteiger partial charge >= 0.3 is 5.97 Å². The molecule has 516 valence electrons. The maximum Gasteiger partial charge on any atom is 0.329 e. The van der Waals surface area contributed by atoms with Crippen LogP contribution in [0.1, 0.15) is 97.0 Å². The van der Waals surface area contributed by atoms with E-state index in [1.807, 2.05) is 57.2 Å². The van der Waals surface area contributed by atoms with Gasteiger partial charge in [-0.3, -0.25) is 19.3 Å². The Hall–Kier alpha value is -8.90. The number of esters is 1. The van der Waals surface area contributed by atoms with Gasteiger partial charge in [-0.05, 0) is 147 Å². The Balaban J connectivity index is 0.671. The summed E-state index contributed by atoms with van der Waals surface area (Å²) in [5.41, 5.74) is 8.42. The van der Waals surface area contributed by atoms with Gasteiger partial charge in [-0.1, -0.05) is 48.5 Å². The molecule has 23 nitrogen and oxygen atoms in total. The number of rotatable bonds is 37. The minimum atomic E-state index is -0.822. The van der Waals surface area contributed by atoms with Gasteiger partial charge in [0.15, 0.2) is 29.6 Å². The van der Waals surface area contributed by atoms with Crippen LogP contribution in [0, 0.1) is 13.8 Å². The highest BCUT2D eigenvalue weighted by Crippen LogP contribution is 2.42. The summed E-state index contributed by atoms with van der Waals surface area (Å²) < 4.78 is 70.9. The Bertz CT molecular complexity index is 3620. The van der Waals surface area contributed by atoms with Gasteiger partial charge in [0.25, 0.3) is 5.91 Å². The van der Waals surface area contributed by atoms with E-state index < -0.39 is 24.0 Å². The molecule has 23 heteroatoms. The lowest BCUT2D eigenvalue weighted by molar-refractivity contribution is -0.162. The van der Waals surface area contributed by atoms with Gasteiger partial charge in [0, 0.05) is 57.7 Å². The van der Waals surface area contributed by atoms with Crippen LogP contribution in [0.2, 0.25) is 0 Å². The van der Waals surface area contributed by atoms with Gasteiger partial charge in [0.05, 0.1) is 104 Å². The molecule has 0 bridgehead atoms. The van der Waals surface area contributed by atoms with Crippen LogP contribution in [0.25, 0.3) is 22.2 Å². The molecule has 2 saturated heterocycles. The quantitative estimate of drug-likeness (QED) is 0.0272. The number of fused-ring (bicyclic) bond motifs is 1. The van der Waals surface area contributed by atoms with Gasteiger partial charge in [0.2, 0.25) is 17.6 Å². The summed E-state index contributed by atoms with van der Waals surface area (Å²) in [4.78, 5) is 63.9. The molecule has 2 N–H and O–H groups in total. The highest BCUT2D eigenvalue weighted by molar-refractivity contribution is 5.89. The largest absolute Gasteiger partial charge is 0.493 e. The third-order valence-corrected chi connectivity index (χ3v) is 17.4. The highest BCUT2D eigenvalue weighted by atomic mass is 16.6. The average Bonchev–Trinajstić information content (AvgIpc) is 1.78. The van der Waals surface area contributed by atoms with Crippen LogP contribution >= 0.6 is 0 Å². The van der Waals surface area contributed by atoms with Crippen molar-refractivity contribution in [2.75, 3.05) is 128 Å². The smallest absolute Gasteiger partial charge is 0.329 e. The Morgan fingerprint density at radius 1 is 0.656 bits per heavy atom. The monoisotopic (exact) mass is 1320 g/mol. The topological polar surface area (TPSA) is 244 Å². The molecular weight excluding hydrogens is 1230 g/mol. The van der Waals surface area contributed by atoms with Crippen molar-refractivity contribution >= 4 is 34.7 Å². The number of aromatic nitrogens is 3. The number of nitrogens with one attached hydrogen (secondary N) is 2. The van der Waals surface area contributed by atoms with Crippen molar-refractivity contribution in [3.63, 3.8) is 0 Å². The first-order chi connectivity index (χ1) is 46.8. The molecular formula is C73H93N7O16. The summed E-state index contributed by atoms with van der Waals surface area (Å²) in [5.74, 6) is 3.59. The summed E-state index contributed by atoms with van der Waals surface area (Å²) in [6.07, 6.45) is 4.27. The van der Waals surface area contributed by atoms with Crippen molar-refractivity contribution in [1.29, 1.82) is 0 Å². The number of benzene rings is 5. The van der Waals surface area contributed by atoms with Crippen LogP contribution in [0.15, 0.2) is 102 Å². The van der Waals surface area contributed by atoms with Crippen LogP contribution in [0.5, 0.6) is 40.2 Å². The highest BCUT2D eigenvalue weighted by Gasteiger charge is 2.38. The number of piperidine rings is 1. The number of imidazole rings is 1. The molecule has 7 aromatic rings. The third-order valence-electron chi connectivity index (χ3n) is 17.4. The van der Waals surface area contributed by atoms with Crippen molar-refractivity contribution in [2.45, 2.75) is 103 Å². The van der Waals surface area contributed by atoms with E-state index in [9.17, 15) is 19.2 Å². The number of hydrogen-bond donors (Lipinski definition) is 2. The number of ether oxygens (including phenoxy) is 11. The second kappa shape index (κ2) is 36.3. The molecule has 2 aliphatic heterocycles.